The van der Waals surface area contributed by atoms with Gasteiger partial charge in [0.15, 0.2) is 0 Å². The molecule has 0 aliphatic heterocycles. The Labute approximate surface area is 120 Å². The van der Waals surface area contributed by atoms with E-state index in [4.69, 9.17) is 0 Å². The first-order chi connectivity index (χ1) is 9.67. The minimum Gasteiger partial charge on any atom is -0.480 e. The third-order valence-corrected chi connectivity index (χ3v) is 5.40. The van der Waals surface area contributed by atoms with Crippen LogP contribution in [0.1, 0.15) is 51.4 Å². The van der Waals surface area contributed by atoms with Crippen LogP contribution in [0.3, 0.4) is 0 Å². The van der Waals surface area contributed by atoms with Crippen LogP contribution in [0.5, 0.6) is 0 Å². The van der Waals surface area contributed by atoms with Crippen molar-refractivity contribution in [1.82, 2.24) is 10.2 Å². The molecule has 4 aliphatic rings. The van der Waals surface area contributed by atoms with Crippen LogP contribution in [0.15, 0.2) is 0 Å². The second kappa shape index (κ2) is 4.70. The molecule has 0 aromatic carbocycles. The summed E-state index contributed by atoms with van der Waals surface area (Å²) in [6, 6.07) is 1.14. The quantitative estimate of drug-likeness (QED) is 0.676. The zero-order valence-electron chi connectivity index (χ0n) is 12.2. The minimum atomic E-state index is -0.654. The van der Waals surface area contributed by atoms with Crippen molar-refractivity contribution in [1.29, 1.82) is 0 Å². The van der Waals surface area contributed by atoms with E-state index in [1.54, 1.807) is 0 Å². The van der Waals surface area contributed by atoms with Crippen LogP contribution in [0.25, 0.3) is 0 Å². The molecule has 1 unspecified atom stereocenters. The van der Waals surface area contributed by atoms with Crippen molar-refractivity contribution >= 4 is 5.97 Å². The number of carboxylic acids is 1. The van der Waals surface area contributed by atoms with Gasteiger partial charge in [-0.15, -0.1) is 0 Å². The Morgan fingerprint density at radius 1 is 1.10 bits per heavy atom. The van der Waals surface area contributed by atoms with Gasteiger partial charge in [0, 0.05) is 25.2 Å². The van der Waals surface area contributed by atoms with Gasteiger partial charge < -0.3 is 5.11 Å². The molecule has 2 N–H and O–H groups in total. The number of nitrogens with one attached hydrogen (secondary N) is 1. The average Bonchev–Trinajstić information content (AvgIpc) is 3.20. The van der Waals surface area contributed by atoms with E-state index in [1.165, 1.54) is 25.7 Å². The van der Waals surface area contributed by atoms with Gasteiger partial charge in [-0.3, -0.25) is 15.0 Å². The Hall–Kier alpha value is -0.610. The number of hydrogen-bond acceptors (Lipinski definition) is 3. The van der Waals surface area contributed by atoms with E-state index in [2.05, 4.69) is 10.2 Å². The highest BCUT2D eigenvalue weighted by Crippen LogP contribution is 2.44. The molecule has 4 fully saturated rings. The predicted octanol–water partition coefficient (Wildman–Crippen LogP) is 1.85. The van der Waals surface area contributed by atoms with Gasteiger partial charge in [-0.1, -0.05) is 0 Å². The maximum absolute atomic E-state index is 12.1. The van der Waals surface area contributed by atoms with Crippen LogP contribution in [-0.2, 0) is 4.79 Å². The summed E-state index contributed by atoms with van der Waals surface area (Å²) in [5.41, 5.74) is -0.654. The van der Waals surface area contributed by atoms with Gasteiger partial charge in [0.1, 0.15) is 5.54 Å². The number of aliphatic carboxylic acids is 1. The summed E-state index contributed by atoms with van der Waals surface area (Å²) in [5.74, 6) is 0.608. The second-order valence-electron chi connectivity index (χ2n) is 7.57. The SMILES string of the molecule is O=C(O)C(CN(CC1CC1)C1CC1)(NC1CC1)C1CC1. The molecule has 4 nitrogen and oxygen atoms in total. The van der Waals surface area contributed by atoms with E-state index in [0.717, 1.165) is 44.7 Å². The molecular formula is C16H26N2O2. The smallest absolute Gasteiger partial charge is 0.325 e. The van der Waals surface area contributed by atoms with Gasteiger partial charge in [-0.2, -0.15) is 0 Å². The van der Waals surface area contributed by atoms with Gasteiger partial charge in [-0.25, -0.2) is 0 Å². The molecule has 0 heterocycles. The summed E-state index contributed by atoms with van der Waals surface area (Å²) in [5, 5.41) is 13.5. The van der Waals surface area contributed by atoms with Crippen molar-refractivity contribution in [3.05, 3.63) is 0 Å². The first kappa shape index (κ1) is 13.1. The summed E-state index contributed by atoms with van der Waals surface area (Å²) >= 11 is 0. The number of nitrogens with zero attached hydrogens (tertiary/aromatic N) is 1. The number of rotatable bonds is 9. The normalized spacial score (nSPS) is 29.4. The van der Waals surface area contributed by atoms with Crippen molar-refractivity contribution < 1.29 is 9.90 Å². The molecule has 0 radical (unpaired) electrons. The van der Waals surface area contributed by atoms with Gasteiger partial charge in [0.2, 0.25) is 0 Å². The highest BCUT2D eigenvalue weighted by atomic mass is 16.4. The largest absolute Gasteiger partial charge is 0.480 e. The first-order valence-corrected chi connectivity index (χ1v) is 8.42. The van der Waals surface area contributed by atoms with E-state index >= 15 is 0 Å². The molecular weight excluding hydrogens is 252 g/mol. The van der Waals surface area contributed by atoms with Crippen LogP contribution >= 0.6 is 0 Å². The lowest BCUT2D eigenvalue weighted by molar-refractivity contribution is -0.147. The van der Waals surface area contributed by atoms with Crippen LogP contribution in [0.4, 0.5) is 0 Å². The lowest BCUT2D eigenvalue weighted by Gasteiger charge is -2.37. The molecule has 0 bridgehead atoms. The summed E-state index contributed by atoms with van der Waals surface area (Å²) in [6.07, 6.45) is 9.75. The Morgan fingerprint density at radius 2 is 1.80 bits per heavy atom. The van der Waals surface area contributed by atoms with Gasteiger partial charge in [0.25, 0.3) is 0 Å². The standard InChI is InChI=1S/C16H26N2O2/c19-15(20)16(12-3-4-12,17-13-5-6-13)10-18(14-7-8-14)9-11-1-2-11/h11-14,17H,1-10H2,(H,19,20). The van der Waals surface area contributed by atoms with Crippen LogP contribution in [0.2, 0.25) is 0 Å². The third-order valence-electron chi connectivity index (χ3n) is 5.40. The average molecular weight is 278 g/mol. The summed E-state index contributed by atoms with van der Waals surface area (Å²) < 4.78 is 0. The van der Waals surface area contributed by atoms with E-state index < -0.39 is 11.5 Å². The molecule has 1 atom stereocenters. The highest BCUT2D eigenvalue weighted by molar-refractivity contribution is 5.80. The van der Waals surface area contributed by atoms with Crippen LogP contribution in [0, 0.1) is 11.8 Å². The topological polar surface area (TPSA) is 52.6 Å². The Balaban J connectivity index is 1.50. The number of carbonyl (C=O) groups is 1. The molecule has 4 aliphatic carbocycles. The van der Waals surface area contributed by atoms with Crippen molar-refractivity contribution in [2.75, 3.05) is 13.1 Å². The Morgan fingerprint density at radius 3 is 2.25 bits per heavy atom. The fourth-order valence-electron chi connectivity index (χ4n) is 3.50. The highest BCUT2D eigenvalue weighted by Gasteiger charge is 2.55. The lowest BCUT2D eigenvalue weighted by Crippen LogP contribution is -2.62. The monoisotopic (exact) mass is 278 g/mol. The summed E-state index contributed by atoms with van der Waals surface area (Å²) in [6.45, 7) is 1.88. The van der Waals surface area contributed by atoms with Crippen molar-refractivity contribution in [2.24, 2.45) is 11.8 Å². The molecule has 0 amide bonds. The lowest BCUT2D eigenvalue weighted by atomic mass is 9.91. The third kappa shape index (κ3) is 2.73. The Kier molecular flexibility index (Phi) is 3.08. The Bertz CT molecular complexity index is 397. The van der Waals surface area contributed by atoms with Gasteiger partial charge in [0.05, 0.1) is 0 Å². The fourth-order valence-corrected chi connectivity index (χ4v) is 3.50. The van der Waals surface area contributed by atoms with Crippen LogP contribution < -0.4 is 5.32 Å². The van der Waals surface area contributed by atoms with E-state index in [1.807, 2.05) is 0 Å². The maximum Gasteiger partial charge on any atom is 0.325 e. The molecule has 112 valence electrons. The van der Waals surface area contributed by atoms with E-state index in [9.17, 15) is 9.90 Å². The zero-order valence-corrected chi connectivity index (χ0v) is 12.2. The molecule has 20 heavy (non-hydrogen) atoms. The predicted molar refractivity (Wildman–Crippen MR) is 76.6 cm³/mol. The van der Waals surface area contributed by atoms with Crippen molar-refractivity contribution in [2.45, 2.75) is 69.0 Å². The van der Waals surface area contributed by atoms with Crippen molar-refractivity contribution in [3.63, 3.8) is 0 Å². The van der Waals surface area contributed by atoms with Gasteiger partial charge in [-0.05, 0) is 63.2 Å². The molecule has 4 rings (SSSR count). The second-order valence-corrected chi connectivity index (χ2v) is 7.57. The molecule has 0 saturated heterocycles. The van der Waals surface area contributed by atoms with Crippen molar-refractivity contribution in [3.8, 4) is 0 Å². The number of hydrogen-bond donors (Lipinski definition) is 2. The van der Waals surface area contributed by atoms with Gasteiger partial charge >= 0.3 is 5.97 Å². The number of carboxylic acid groups (broad SMARTS) is 1. The minimum absolute atomic E-state index is 0.362. The summed E-state index contributed by atoms with van der Waals surface area (Å²) in [4.78, 5) is 14.6. The summed E-state index contributed by atoms with van der Waals surface area (Å²) in [7, 11) is 0. The molecule has 0 spiro atoms. The van der Waals surface area contributed by atoms with E-state index in [0.29, 0.717) is 18.0 Å². The van der Waals surface area contributed by atoms with E-state index in [-0.39, 0.29) is 0 Å². The maximum atomic E-state index is 12.1. The fraction of sp³-hybridized carbons (Fsp3) is 0.938. The van der Waals surface area contributed by atoms with Crippen LogP contribution in [-0.4, -0.2) is 46.7 Å². The zero-order chi connectivity index (χ0) is 13.7. The first-order valence-electron chi connectivity index (χ1n) is 8.42. The molecule has 0 aromatic heterocycles. The molecule has 4 saturated carbocycles. The molecule has 4 heteroatoms. The molecule has 0 aromatic rings.